The largest absolute Gasteiger partial charge is 0.379 e. The molecule has 0 saturated carbocycles. The highest BCUT2D eigenvalue weighted by atomic mass is 16.5. The summed E-state index contributed by atoms with van der Waals surface area (Å²) in [7, 11) is 0. The maximum Gasteiger partial charge on any atom is 0.126 e. The molecule has 24 heavy (non-hydrogen) atoms. The lowest BCUT2D eigenvalue weighted by Gasteiger charge is -2.26. The Morgan fingerprint density at radius 2 is 2.12 bits per heavy atom. The minimum atomic E-state index is 0.833. The second-order valence-corrected chi connectivity index (χ2v) is 5.79. The van der Waals surface area contributed by atoms with Crippen LogP contribution < -0.4 is 15.9 Å². The molecule has 1 aliphatic rings. The van der Waals surface area contributed by atoms with E-state index in [1.165, 1.54) is 0 Å². The van der Waals surface area contributed by atoms with Crippen molar-refractivity contribution in [2.75, 3.05) is 44.7 Å². The van der Waals surface area contributed by atoms with E-state index in [1.54, 1.807) is 0 Å². The molecule has 3 rings (SSSR count). The molecule has 1 fully saturated rings. The second kappa shape index (κ2) is 8.08. The van der Waals surface area contributed by atoms with Crippen LogP contribution in [-0.4, -0.2) is 59.5 Å². The third kappa shape index (κ3) is 3.83. The first-order valence-corrected chi connectivity index (χ1v) is 8.49. The Morgan fingerprint density at radius 3 is 2.88 bits per heavy atom. The number of pyridine rings is 1. The van der Waals surface area contributed by atoms with E-state index in [-0.39, 0.29) is 0 Å². The predicted octanol–water partition coefficient (Wildman–Crippen LogP) is 0.817. The van der Waals surface area contributed by atoms with Crippen LogP contribution >= 0.6 is 0 Å². The average Bonchev–Trinajstić information content (AvgIpc) is 3.06. The van der Waals surface area contributed by atoms with Crippen LogP contribution in [0, 0.1) is 0 Å². The summed E-state index contributed by atoms with van der Waals surface area (Å²) in [6.45, 7) is 9.60. The standard InChI is InChI=1S/C18H25N5O/c1-3-15-16(4-2)21-22-18(15)14-5-6-19-17(13-14)20-7-8-23-9-11-24-12-10-23/h3-6,13,21H,7-12H2,1-2H3,(H,19,20). The van der Waals surface area contributed by atoms with Gasteiger partial charge in [-0.15, -0.1) is 0 Å². The van der Waals surface area contributed by atoms with Crippen molar-refractivity contribution >= 4 is 18.0 Å². The van der Waals surface area contributed by atoms with Gasteiger partial charge in [0.25, 0.3) is 0 Å². The Kier molecular flexibility index (Phi) is 5.61. The molecule has 0 radical (unpaired) electrons. The minimum Gasteiger partial charge on any atom is -0.379 e. The molecule has 0 bridgehead atoms. The van der Waals surface area contributed by atoms with Crippen LogP contribution in [0.2, 0.25) is 0 Å². The van der Waals surface area contributed by atoms with E-state index < -0.39 is 0 Å². The Hall–Kier alpha value is -2.18. The Morgan fingerprint density at radius 1 is 1.29 bits per heavy atom. The van der Waals surface area contributed by atoms with Crippen LogP contribution in [0.1, 0.15) is 13.8 Å². The summed E-state index contributed by atoms with van der Waals surface area (Å²) in [6.07, 6.45) is 5.95. The van der Waals surface area contributed by atoms with Gasteiger partial charge in [-0.1, -0.05) is 12.2 Å². The maximum absolute atomic E-state index is 5.37. The number of H-pyrrole nitrogens is 1. The van der Waals surface area contributed by atoms with Gasteiger partial charge in [0.15, 0.2) is 0 Å². The van der Waals surface area contributed by atoms with Gasteiger partial charge in [-0.3, -0.25) is 10.00 Å². The maximum atomic E-state index is 5.37. The molecule has 2 N–H and O–H groups in total. The molecule has 0 aliphatic carbocycles. The molecule has 0 unspecified atom stereocenters. The fourth-order valence-corrected chi connectivity index (χ4v) is 2.94. The summed E-state index contributed by atoms with van der Waals surface area (Å²) >= 11 is 0. The Bertz CT molecular complexity index is 777. The molecular formula is C18H25N5O. The normalized spacial score (nSPS) is 17.4. The SMILES string of the molecule is CC=c1[nH]nc(-c2ccnc(NCCN3CCOCC3)c2)c1=CC. The summed E-state index contributed by atoms with van der Waals surface area (Å²) < 4.78 is 5.37. The van der Waals surface area contributed by atoms with Crippen molar-refractivity contribution in [1.82, 2.24) is 20.1 Å². The number of nitrogens with zero attached hydrogens (tertiary/aromatic N) is 3. The van der Waals surface area contributed by atoms with E-state index in [2.05, 4.69) is 37.5 Å². The number of nitrogens with one attached hydrogen (secondary N) is 2. The van der Waals surface area contributed by atoms with Gasteiger partial charge >= 0.3 is 0 Å². The lowest BCUT2D eigenvalue weighted by atomic mass is 10.1. The minimum absolute atomic E-state index is 0.833. The van der Waals surface area contributed by atoms with Crippen LogP contribution in [0.3, 0.4) is 0 Å². The fraction of sp³-hybridized carbons (Fsp3) is 0.444. The van der Waals surface area contributed by atoms with Crippen LogP contribution in [0.5, 0.6) is 0 Å². The predicted molar refractivity (Wildman–Crippen MR) is 97.1 cm³/mol. The van der Waals surface area contributed by atoms with Crippen LogP contribution in [0.15, 0.2) is 18.3 Å². The number of hydrogen-bond donors (Lipinski definition) is 2. The zero-order valence-corrected chi connectivity index (χ0v) is 14.4. The Balaban J connectivity index is 1.69. The quantitative estimate of drug-likeness (QED) is 0.851. The number of ether oxygens (including phenoxy) is 1. The molecule has 128 valence electrons. The van der Waals surface area contributed by atoms with E-state index >= 15 is 0 Å². The molecule has 3 heterocycles. The molecule has 0 spiro atoms. The highest BCUT2D eigenvalue weighted by Crippen LogP contribution is 2.15. The van der Waals surface area contributed by atoms with Crippen LogP contribution in [0.4, 0.5) is 5.82 Å². The molecule has 1 aliphatic heterocycles. The molecule has 2 aromatic heterocycles. The van der Waals surface area contributed by atoms with E-state index in [0.717, 1.165) is 67.0 Å². The number of anilines is 1. The third-order valence-corrected chi connectivity index (χ3v) is 4.28. The van der Waals surface area contributed by atoms with Crippen molar-refractivity contribution in [2.45, 2.75) is 13.8 Å². The zero-order chi connectivity index (χ0) is 16.8. The molecular weight excluding hydrogens is 302 g/mol. The van der Waals surface area contributed by atoms with Crippen molar-refractivity contribution in [3.63, 3.8) is 0 Å². The monoisotopic (exact) mass is 327 g/mol. The second-order valence-electron chi connectivity index (χ2n) is 5.79. The topological polar surface area (TPSA) is 66.1 Å². The van der Waals surface area contributed by atoms with Crippen molar-refractivity contribution in [3.8, 4) is 11.3 Å². The molecule has 1 saturated heterocycles. The molecule has 0 aromatic carbocycles. The molecule has 2 aromatic rings. The van der Waals surface area contributed by atoms with Crippen molar-refractivity contribution in [1.29, 1.82) is 0 Å². The van der Waals surface area contributed by atoms with E-state index in [9.17, 15) is 0 Å². The van der Waals surface area contributed by atoms with Gasteiger partial charge in [0.05, 0.1) is 24.3 Å². The Labute approximate surface area is 142 Å². The van der Waals surface area contributed by atoms with Gasteiger partial charge in [0.1, 0.15) is 5.82 Å². The van der Waals surface area contributed by atoms with Gasteiger partial charge < -0.3 is 10.1 Å². The highest BCUT2D eigenvalue weighted by molar-refractivity contribution is 5.64. The first-order valence-electron chi connectivity index (χ1n) is 8.49. The molecule has 0 amide bonds. The highest BCUT2D eigenvalue weighted by Gasteiger charge is 2.10. The first kappa shape index (κ1) is 16.7. The van der Waals surface area contributed by atoms with Crippen molar-refractivity contribution in [3.05, 3.63) is 28.9 Å². The lowest BCUT2D eigenvalue weighted by Crippen LogP contribution is -2.39. The van der Waals surface area contributed by atoms with Crippen LogP contribution in [-0.2, 0) is 4.74 Å². The van der Waals surface area contributed by atoms with Gasteiger partial charge in [0, 0.05) is 43.2 Å². The van der Waals surface area contributed by atoms with E-state index in [0.29, 0.717) is 0 Å². The summed E-state index contributed by atoms with van der Waals surface area (Å²) in [5, 5.41) is 13.1. The summed E-state index contributed by atoms with van der Waals surface area (Å²) in [5.41, 5.74) is 2.03. The van der Waals surface area contributed by atoms with E-state index in [1.807, 2.05) is 32.2 Å². The number of aromatic nitrogens is 3. The number of rotatable bonds is 5. The third-order valence-electron chi connectivity index (χ3n) is 4.28. The lowest BCUT2D eigenvalue weighted by molar-refractivity contribution is 0.0398. The van der Waals surface area contributed by atoms with E-state index in [4.69, 9.17) is 4.74 Å². The fourth-order valence-electron chi connectivity index (χ4n) is 2.94. The molecule has 0 atom stereocenters. The number of aromatic amines is 1. The summed E-state index contributed by atoms with van der Waals surface area (Å²) in [4.78, 5) is 6.82. The van der Waals surface area contributed by atoms with Gasteiger partial charge in [-0.05, 0) is 26.0 Å². The van der Waals surface area contributed by atoms with Crippen LogP contribution in [0.25, 0.3) is 23.4 Å². The van der Waals surface area contributed by atoms with Crippen molar-refractivity contribution in [2.24, 2.45) is 0 Å². The van der Waals surface area contributed by atoms with Crippen molar-refractivity contribution < 1.29 is 4.74 Å². The molecule has 6 nitrogen and oxygen atoms in total. The first-order chi connectivity index (χ1) is 11.8. The van der Waals surface area contributed by atoms with Gasteiger partial charge in [0.2, 0.25) is 0 Å². The average molecular weight is 327 g/mol. The number of hydrogen-bond acceptors (Lipinski definition) is 5. The molecule has 6 heteroatoms. The smallest absolute Gasteiger partial charge is 0.126 e. The van der Waals surface area contributed by atoms with Gasteiger partial charge in [-0.25, -0.2) is 4.98 Å². The zero-order valence-electron chi connectivity index (χ0n) is 14.4. The number of morpholine rings is 1. The van der Waals surface area contributed by atoms with Gasteiger partial charge in [-0.2, -0.15) is 5.10 Å². The summed E-state index contributed by atoms with van der Waals surface area (Å²) in [6, 6.07) is 4.05. The summed E-state index contributed by atoms with van der Waals surface area (Å²) in [5.74, 6) is 0.882.